The van der Waals surface area contributed by atoms with Crippen LogP contribution in [-0.4, -0.2) is 29.8 Å². The highest BCUT2D eigenvalue weighted by atomic mass is 16.6. The number of hydrogen-bond donors (Lipinski definition) is 1. The van der Waals surface area contributed by atoms with Crippen molar-refractivity contribution < 1.29 is 9.53 Å². The van der Waals surface area contributed by atoms with E-state index in [0.717, 1.165) is 6.42 Å². The average molecular weight is 228 g/mol. The fourth-order valence-corrected chi connectivity index (χ4v) is 1.97. The Kier molecular flexibility index (Phi) is 4.59. The predicted molar refractivity (Wildman–Crippen MR) is 63.9 cm³/mol. The lowest BCUT2D eigenvalue weighted by Crippen LogP contribution is -2.52. The maximum Gasteiger partial charge on any atom is 0.424 e. The molecule has 1 N–H and O–H groups in total. The number of hydrogen-bond acceptors (Lipinski definition) is 3. The molecule has 0 aromatic carbocycles. The highest BCUT2D eigenvalue weighted by Gasteiger charge is 2.36. The van der Waals surface area contributed by atoms with Gasteiger partial charge in [-0.25, -0.2) is 15.2 Å². The molecule has 4 heteroatoms. The first-order valence-electron chi connectivity index (χ1n) is 6.19. The smallest absolute Gasteiger partial charge is 0.424 e. The molecule has 0 bridgehead atoms. The molecule has 0 aromatic heterocycles. The molecule has 1 aliphatic rings. The zero-order chi connectivity index (χ0) is 12.3. The average Bonchev–Trinajstić information content (AvgIpc) is 2.56. The monoisotopic (exact) mass is 228 g/mol. The Balaban J connectivity index is 2.65. The van der Waals surface area contributed by atoms with Crippen LogP contribution in [0.15, 0.2) is 0 Å². The number of ether oxygens (including phenoxy) is 1. The minimum Gasteiger partial charge on any atom is -0.446 e. The molecule has 0 radical (unpaired) electrons. The quantitative estimate of drug-likeness (QED) is 0.785. The topological polar surface area (TPSA) is 41.6 Å². The van der Waals surface area contributed by atoms with Crippen LogP contribution in [0.25, 0.3) is 0 Å². The van der Waals surface area contributed by atoms with Crippen molar-refractivity contribution in [3.05, 3.63) is 0 Å². The number of amides is 1. The van der Waals surface area contributed by atoms with Gasteiger partial charge in [-0.1, -0.05) is 34.6 Å². The fraction of sp³-hybridized carbons (Fsp3) is 0.917. The van der Waals surface area contributed by atoms with Gasteiger partial charge in [-0.3, -0.25) is 0 Å². The van der Waals surface area contributed by atoms with E-state index in [0.29, 0.717) is 24.5 Å². The molecule has 1 saturated heterocycles. The van der Waals surface area contributed by atoms with Crippen LogP contribution >= 0.6 is 0 Å². The molecule has 1 aliphatic heterocycles. The van der Waals surface area contributed by atoms with E-state index < -0.39 is 0 Å². The summed E-state index contributed by atoms with van der Waals surface area (Å²) in [5.74, 6) is 0.912. The molecule has 1 rings (SSSR count). The second-order valence-electron chi connectivity index (χ2n) is 5.15. The summed E-state index contributed by atoms with van der Waals surface area (Å²) in [6.07, 6.45) is 0.768. The number of rotatable bonds is 5. The van der Waals surface area contributed by atoms with Crippen LogP contribution in [0.5, 0.6) is 0 Å². The molecule has 0 saturated carbocycles. The van der Waals surface area contributed by atoms with Gasteiger partial charge in [0.05, 0.1) is 6.04 Å². The van der Waals surface area contributed by atoms with Gasteiger partial charge in [0.1, 0.15) is 6.61 Å². The minimum atomic E-state index is -0.238. The second kappa shape index (κ2) is 5.53. The van der Waals surface area contributed by atoms with Crippen LogP contribution in [-0.2, 0) is 4.74 Å². The zero-order valence-corrected chi connectivity index (χ0v) is 11.0. The van der Waals surface area contributed by atoms with Gasteiger partial charge in [-0.15, -0.1) is 0 Å². The molecule has 1 fully saturated rings. The van der Waals surface area contributed by atoms with Gasteiger partial charge in [0.15, 0.2) is 0 Å². The van der Waals surface area contributed by atoms with Crippen molar-refractivity contribution in [2.24, 2.45) is 11.8 Å². The number of carbonyl (C=O) groups is 1. The Bertz CT molecular complexity index is 241. The Morgan fingerprint density at radius 3 is 2.50 bits per heavy atom. The van der Waals surface area contributed by atoms with Gasteiger partial charge < -0.3 is 4.74 Å². The predicted octanol–water partition coefficient (Wildman–Crippen LogP) is 2.40. The number of nitrogens with one attached hydrogen (secondary N) is 1. The first-order chi connectivity index (χ1) is 7.47. The van der Waals surface area contributed by atoms with Crippen molar-refractivity contribution in [2.45, 2.75) is 53.1 Å². The van der Waals surface area contributed by atoms with E-state index >= 15 is 0 Å². The molecule has 1 amide bonds. The number of hydrazine groups is 1. The van der Waals surface area contributed by atoms with Crippen LogP contribution in [0.3, 0.4) is 0 Å². The summed E-state index contributed by atoms with van der Waals surface area (Å²) in [6.45, 7) is 11.2. The lowest BCUT2D eigenvalue weighted by Gasteiger charge is -2.31. The van der Waals surface area contributed by atoms with Gasteiger partial charge >= 0.3 is 6.09 Å². The maximum absolute atomic E-state index is 11.6. The molecule has 16 heavy (non-hydrogen) atoms. The van der Waals surface area contributed by atoms with Crippen molar-refractivity contribution in [2.75, 3.05) is 6.61 Å². The summed E-state index contributed by atoms with van der Waals surface area (Å²) >= 11 is 0. The first-order valence-corrected chi connectivity index (χ1v) is 6.19. The third kappa shape index (κ3) is 2.88. The lowest BCUT2D eigenvalue weighted by molar-refractivity contribution is 0.112. The molecule has 1 heterocycles. The van der Waals surface area contributed by atoms with E-state index in [4.69, 9.17) is 4.74 Å². The molecular formula is C12H24N2O2. The highest BCUT2D eigenvalue weighted by Crippen LogP contribution is 2.19. The standard InChI is InChI=1S/C12H24N2O2/c1-6-10(8(2)3)13-14-11(9(4)5)7-16-12(14)15/h8-11,13H,6-7H2,1-5H3/t10-,11-/m1/s1. The van der Waals surface area contributed by atoms with Crippen LogP contribution in [0, 0.1) is 11.8 Å². The van der Waals surface area contributed by atoms with Crippen LogP contribution < -0.4 is 5.43 Å². The van der Waals surface area contributed by atoms with E-state index in [-0.39, 0.29) is 12.1 Å². The van der Waals surface area contributed by atoms with Crippen LogP contribution in [0.2, 0.25) is 0 Å². The van der Waals surface area contributed by atoms with Crippen molar-refractivity contribution in [1.29, 1.82) is 0 Å². The minimum absolute atomic E-state index is 0.153. The SMILES string of the molecule is CC[C@@H](NN1C(=O)OC[C@@H]1C(C)C)C(C)C. The number of nitrogens with zero attached hydrogens (tertiary/aromatic N) is 1. The van der Waals surface area contributed by atoms with Gasteiger partial charge in [-0.2, -0.15) is 0 Å². The van der Waals surface area contributed by atoms with E-state index in [1.54, 1.807) is 5.01 Å². The summed E-state index contributed by atoms with van der Waals surface area (Å²) in [4.78, 5) is 11.6. The lowest BCUT2D eigenvalue weighted by atomic mass is 10.0. The molecule has 0 aliphatic carbocycles. The van der Waals surface area contributed by atoms with E-state index in [1.165, 1.54) is 0 Å². The highest BCUT2D eigenvalue weighted by molar-refractivity contribution is 5.69. The summed E-state index contributed by atoms with van der Waals surface area (Å²) in [5.41, 5.74) is 3.31. The summed E-state index contributed by atoms with van der Waals surface area (Å²) in [6, 6.07) is 0.479. The molecular weight excluding hydrogens is 204 g/mol. The zero-order valence-electron chi connectivity index (χ0n) is 11.0. The van der Waals surface area contributed by atoms with Crippen molar-refractivity contribution in [3.8, 4) is 0 Å². The van der Waals surface area contributed by atoms with E-state index in [9.17, 15) is 4.79 Å². The second-order valence-corrected chi connectivity index (χ2v) is 5.15. The van der Waals surface area contributed by atoms with Crippen molar-refractivity contribution >= 4 is 6.09 Å². The number of cyclic esters (lactones) is 1. The fourth-order valence-electron chi connectivity index (χ4n) is 1.97. The van der Waals surface area contributed by atoms with Gasteiger partial charge in [0, 0.05) is 6.04 Å². The van der Waals surface area contributed by atoms with Crippen LogP contribution in [0.4, 0.5) is 4.79 Å². The summed E-state index contributed by atoms with van der Waals surface area (Å²) in [7, 11) is 0. The molecule has 4 nitrogen and oxygen atoms in total. The largest absolute Gasteiger partial charge is 0.446 e. The summed E-state index contributed by atoms with van der Waals surface area (Å²) < 4.78 is 5.09. The van der Waals surface area contributed by atoms with Crippen LogP contribution in [0.1, 0.15) is 41.0 Å². The Hall–Kier alpha value is -0.770. The molecule has 0 unspecified atom stereocenters. The summed E-state index contributed by atoms with van der Waals surface area (Å²) in [5, 5.41) is 1.68. The molecule has 94 valence electrons. The van der Waals surface area contributed by atoms with Crippen molar-refractivity contribution in [3.63, 3.8) is 0 Å². The Morgan fingerprint density at radius 1 is 1.44 bits per heavy atom. The third-order valence-electron chi connectivity index (χ3n) is 3.22. The van der Waals surface area contributed by atoms with Gasteiger partial charge in [0.2, 0.25) is 0 Å². The van der Waals surface area contributed by atoms with Gasteiger partial charge in [0.25, 0.3) is 0 Å². The first kappa shape index (κ1) is 13.3. The van der Waals surface area contributed by atoms with Crippen molar-refractivity contribution in [1.82, 2.24) is 10.4 Å². The molecule has 2 atom stereocenters. The molecule has 0 aromatic rings. The van der Waals surface area contributed by atoms with Gasteiger partial charge in [-0.05, 0) is 18.3 Å². The maximum atomic E-state index is 11.6. The Labute approximate surface area is 98.3 Å². The van der Waals surface area contributed by atoms with E-state index in [1.807, 2.05) is 0 Å². The molecule has 0 spiro atoms. The van der Waals surface area contributed by atoms with E-state index in [2.05, 4.69) is 40.0 Å². The Morgan fingerprint density at radius 2 is 2.06 bits per heavy atom. The normalized spacial score (nSPS) is 23.1. The third-order valence-corrected chi connectivity index (χ3v) is 3.22. The number of carbonyl (C=O) groups excluding carboxylic acids is 1.